The van der Waals surface area contributed by atoms with Crippen LogP contribution in [0.4, 0.5) is 17.1 Å². The van der Waals surface area contributed by atoms with Gasteiger partial charge < -0.3 is 13.7 Å². The molecule has 0 saturated heterocycles. The molecule has 0 bridgehead atoms. The third-order valence-electron chi connectivity index (χ3n) is 10.6. The summed E-state index contributed by atoms with van der Waals surface area (Å²) >= 11 is 0. The number of oxazole rings is 1. The van der Waals surface area contributed by atoms with E-state index in [-0.39, 0.29) is 0 Å². The highest BCUT2D eigenvalue weighted by molar-refractivity contribution is 6.19. The summed E-state index contributed by atoms with van der Waals surface area (Å²) in [6.45, 7) is 0. The van der Waals surface area contributed by atoms with Crippen LogP contribution in [-0.2, 0) is 0 Å². The minimum atomic E-state index is 0.616. The maximum Gasteiger partial charge on any atom is 0.227 e. The number of aromatic nitrogens is 1. The predicted octanol–water partition coefficient (Wildman–Crippen LogP) is 14.5. The second-order valence-corrected chi connectivity index (χ2v) is 14.0. The van der Waals surface area contributed by atoms with Gasteiger partial charge in [-0.3, -0.25) is 0 Å². The topological polar surface area (TPSA) is 42.4 Å². The number of fused-ring (bicyclic) bond motifs is 8. The maximum absolute atomic E-state index is 6.59. The van der Waals surface area contributed by atoms with Crippen LogP contribution in [0.3, 0.4) is 0 Å². The Bertz CT molecular complexity index is 3220. The van der Waals surface area contributed by atoms with Gasteiger partial charge in [-0.05, 0) is 105 Å². The molecule has 0 aliphatic carbocycles. The largest absolute Gasteiger partial charge is 0.456 e. The highest BCUT2D eigenvalue weighted by Gasteiger charge is 2.19. The number of hydrogen-bond acceptors (Lipinski definition) is 4. The van der Waals surface area contributed by atoms with E-state index in [0.717, 1.165) is 88.3 Å². The Kier molecular flexibility index (Phi) is 7.14. The van der Waals surface area contributed by atoms with Crippen LogP contribution >= 0.6 is 0 Å². The number of benzene rings is 9. The van der Waals surface area contributed by atoms with Gasteiger partial charge in [0, 0.05) is 44.9 Å². The van der Waals surface area contributed by atoms with E-state index in [0.29, 0.717) is 5.89 Å². The van der Waals surface area contributed by atoms with Crippen molar-refractivity contribution in [2.45, 2.75) is 0 Å². The van der Waals surface area contributed by atoms with Gasteiger partial charge in [-0.15, -0.1) is 0 Å². The van der Waals surface area contributed by atoms with Crippen LogP contribution in [0.15, 0.2) is 203 Å². The van der Waals surface area contributed by atoms with Gasteiger partial charge in [-0.25, -0.2) is 4.98 Å². The van der Waals surface area contributed by atoms with E-state index in [1.54, 1.807) is 0 Å². The summed E-state index contributed by atoms with van der Waals surface area (Å²) in [7, 11) is 0. The number of anilines is 3. The molecule has 0 amide bonds. The lowest BCUT2D eigenvalue weighted by molar-refractivity contribution is 0.623. The van der Waals surface area contributed by atoms with Crippen molar-refractivity contribution in [1.82, 2.24) is 4.98 Å². The van der Waals surface area contributed by atoms with Crippen LogP contribution in [0.1, 0.15) is 0 Å². The Morgan fingerprint density at radius 2 is 0.964 bits per heavy atom. The van der Waals surface area contributed by atoms with Crippen LogP contribution in [0.25, 0.3) is 88.3 Å². The van der Waals surface area contributed by atoms with Crippen molar-refractivity contribution in [3.8, 4) is 33.7 Å². The standard InChI is InChI=1S/C51H32N2O2/c1-3-11-33(12-4-1)37-15-9-16-38(29-37)39-17-10-18-40(30-39)53(42-26-27-44-43-19-7-8-20-47(43)54-48(44)32-42)41-25-23-34-21-22-35-24-28-46-50(49(35)45(34)31-41)55-51(52-46)36-13-5-2-6-14-36/h1-32H. The molecule has 0 saturated carbocycles. The molecule has 2 heterocycles. The van der Waals surface area contributed by atoms with Crippen molar-refractivity contribution in [3.05, 3.63) is 194 Å². The first kappa shape index (κ1) is 31.1. The highest BCUT2D eigenvalue weighted by Crippen LogP contribution is 2.43. The minimum absolute atomic E-state index is 0.616. The quantitative estimate of drug-likeness (QED) is 0.162. The summed E-state index contributed by atoms with van der Waals surface area (Å²) in [4.78, 5) is 7.24. The van der Waals surface area contributed by atoms with Crippen molar-refractivity contribution in [2.24, 2.45) is 0 Å². The predicted molar refractivity (Wildman–Crippen MR) is 227 cm³/mol. The van der Waals surface area contributed by atoms with E-state index in [2.05, 4.69) is 157 Å². The van der Waals surface area contributed by atoms with Gasteiger partial charge in [0.15, 0.2) is 5.58 Å². The fourth-order valence-electron chi connectivity index (χ4n) is 7.99. The van der Waals surface area contributed by atoms with E-state index < -0.39 is 0 Å². The van der Waals surface area contributed by atoms with E-state index in [9.17, 15) is 0 Å². The highest BCUT2D eigenvalue weighted by atomic mass is 16.3. The van der Waals surface area contributed by atoms with Crippen LogP contribution in [0, 0.1) is 0 Å². The molecule has 0 aliphatic heterocycles. The Balaban J connectivity index is 1.11. The zero-order valence-electron chi connectivity index (χ0n) is 29.7. The Hall–Kier alpha value is -7.43. The van der Waals surface area contributed by atoms with Crippen molar-refractivity contribution in [1.29, 1.82) is 0 Å². The first-order valence-corrected chi connectivity index (χ1v) is 18.5. The third kappa shape index (κ3) is 5.34. The molecule has 11 aromatic rings. The van der Waals surface area contributed by atoms with Gasteiger partial charge in [-0.1, -0.05) is 121 Å². The number of furan rings is 1. The average molecular weight is 705 g/mol. The molecule has 0 unspecified atom stereocenters. The molecular weight excluding hydrogens is 673 g/mol. The van der Waals surface area contributed by atoms with Gasteiger partial charge in [0.25, 0.3) is 0 Å². The lowest BCUT2D eigenvalue weighted by Gasteiger charge is -2.26. The van der Waals surface area contributed by atoms with Crippen molar-refractivity contribution < 1.29 is 8.83 Å². The summed E-state index contributed by atoms with van der Waals surface area (Å²) in [5, 5.41) is 6.57. The smallest absolute Gasteiger partial charge is 0.227 e. The lowest BCUT2D eigenvalue weighted by Crippen LogP contribution is -2.10. The first-order valence-electron chi connectivity index (χ1n) is 18.5. The van der Waals surface area contributed by atoms with Crippen LogP contribution in [-0.4, -0.2) is 4.98 Å². The summed E-state index contributed by atoms with van der Waals surface area (Å²) in [5.74, 6) is 0.616. The molecule has 0 spiro atoms. The third-order valence-corrected chi connectivity index (χ3v) is 10.6. The maximum atomic E-state index is 6.59. The SMILES string of the molecule is c1ccc(-c2cccc(-c3cccc(N(c4ccc5c(c4)oc4ccccc45)c4ccc5ccc6ccc7nc(-c8ccccc8)oc7c6c5c4)c3)c2)cc1. The van der Waals surface area contributed by atoms with E-state index in [1.807, 2.05) is 42.5 Å². The fraction of sp³-hybridized carbons (Fsp3) is 0. The van der Waals surface area contributed by atoms with Gasteiger partial charge in [-0.2, -0.15) is 0 Å². The van der Waals surface area contributed by atoms with Crippen LogP contribution in [0.2, 0.25) is 0 Å². The van der Waals surface area contributed by atoms with Crippen molar-refractivity contribution in [3.63, 3.8) is 0 Å². The molecule has 258 valence electrons. The minimum Gasteiger partial charge on any atom is -0.456 e. The van der Waals surface area contributed by atoms with Crippen LogP contribution < -0.4 is 4.90 Å². The van der Waals surface area contributed by atoms with Gasteiger partial charge in [0.2, 0.25) is 5.89 Å². The number of para-hydroxylation sites is 1. The lowest BCUT2D eigenvalue weighted by atomic mass is 9.98. The molecule has 4 nitrogen and oxygen atoms in total. The first-order chi connectivity index (χ1) is 27.2. The zero-order chi connectivity index (χ0) is 36.3. The normalized spacial score (nSPS) is 11.6. The Morgan fingerprint density at radius 3 is 1.82 bits per heavy atom. The molecule has 2 aromatic heterocycles. The van der Waals surface area contributed by atoms with Crippen molar-refractivity contribution >= 4 is 71.6 Å². The molecule has 0 radical (unpaired) electrons. The van der Waals surface area contributed by atoms with E-state index in [4.69, 9.17) is 13.8 Å². The molecule has 55 heavy (non-hydrogen) atoms. The molecule has 11 rings (SSSR count). The monoisotopic (exact) mass is 704 g/mol. The van der Waals surface area contributed by atoms with E-state index in [1.165, 1.54) is 11.1 Å². The molecule has 4 heteroatoms. The average Bonchev–Trinajstić information content (AvgIpc) is 3.86. The van der Waals surface area contributed by atoms with Gasteiger partial charge in [0.1, 0.15) is 16.7 Å². The summed E-state index contributed by atoms with van der Waals surface area (Å²) in [6.07, 6.45) is 0. The Labute approximate surface area is 317 Å². The molecular formula is C51H32N2O2. The van der Waals surface area contributed by atoms with Gasteiger partial charge >= 0.3 is 0 Å². The molecule has 9 aromatic carbocycles. The number of rotatable bonds is 6. The molecule has 0 fully saturated rings. The second-order valence-electron chi connectivity index (χ2n) is 14.0. The summed E-state index contributed by atoms with van der Waals surface area (Å²) in [6, 6.07) is 68.2. The fourth-order valence-corrected chi connectivity index (χ4v) is 7.99. The Morgan fingerprint density at radius 1 is 0.364 bits per heavy atom. The van der Waals surface area contributed by atoms with Crippen molar-refractivity contribution in [2.75, 3.05) is 4.90 Å². The summed E-state index contributed by atoms with van der Waals surface area (Å²) in [5.41, 5.74) is 12.0. The second kappa shape index (κ2) is 12.6. The van der Waals surface area contributed by atoms with Gasteiger partial charge in [0.05, 0.1) is 0 Å². The molecule has 0 atom stereocenters. The number of hydrogen-bond donors (Lipinski definition) is 0. The number of nitrogens with zero attached hydrogens (tertiary/aromatic N) is 2. The zero-order valence-corrected chi connectivity index (χ0v) is 29.7. The van der Waals surface area contributed by atoms with E-state index >= 15 is 0 Å². The molecule has 0 aliphatic rings. The van der Waals surface area contributed by atoms with Crippen LogP contribution in [0.5, 0.6) is 0 Å². The molecule has 0 N–H and O–H groups in total. The summed E-state index contributed by atoms with van der Waals surface area (Å²) < 4.78 is 13.0.